The fourth-order valence-electron chi connectivity index (χ4n) is 2.94. The van der Waals surface area contributed by atoms with Crippen LogP contribution in [-0.4, -0.2) is 18.3 Å². The maximum atomic E-state index is 13.9. The summed E-state index contributed by atoms with van der Waals surface area (Å²) < 4.78 is 19.4. The number of fused-ring (bicyclic) bond motifs is 1. The second-order valence-electron chi connectivity index (χ2n) is 5.91. The number of benzene rings is 2. The lowest BCUT2D eigenvalue weighted by Gasteiger charge is -2.12. The zero-order valence-electron chi connectivity index (χ0n) is 13.3. The van der Waals surface area contributed by atoms with Crippen LogP contribution in [0.25, 0.3) is 0 Å². The summed E-state index contributed by atoms with van der Waals surface area (Å²) in [5.41, 5.74) is 1.65. The van der Waals surface area contributed by atoms with Crippen LogP contribution in [0.4, 0.5) is 4.39 Å². The van der Waals surface area contributed by atoms with Crippen molar-refractivity contribution in [3.8, 4) is 5.75 Å². The highest BCUT2D eigenvalue weighted by molar-refractivity contribution is 6.03. The van der Waals surface area contributed by atoms with Gasteiger partial charge < -0.3 is 10.1 Å². The smallest absolute Gasteiger partial charge is 0.258 e. The van der Waals surface area contributed by atoms with E-state index in [1.54, 1.807) is 0 Å². The largest absolute Gasteiger partial charge is 0.483 e. The van der Waals surface area contributed by atoms with Crippen LogP contribution in [0.15, 0.2) is 42.5 Å². The van der Waals surface area contributed by atoms with Crippen LogP contribution in [0, 0.1) is 5.82 Å². The molecule has 3 rings (SSSR count). The Labute approximate surface area is 139 Å². The van der Waals surface area contributed by atoms with Gasteiger partial charge in [0.15, 0.2) is 12.4 Å². The number of carbonyl (C=O) groups excluding carboxylic acids is 2. The molecule has 4 nitrogen and oxygen atoms in total. The number of rotatable bonds is 5. The summed E-state index contributed by atoms with van der Waals surface area (Å²) in [6, 6.07) is 12.2. The molecule has 1 amide bonds. The molecule has 1 aliphatic carbocycles. The van der Waals surface area contributed by atoms with Crippen LogP contribution in [0.2, 0.25) is 0 Å². The van der Waals surface area contributed by atoms with E-state index in [4.69, 9.17) is 4.74 Å². The number of hydrogen-bond donors (Lipinski definition) is 1. The molecule has 124 valence electrons. The molecule has 24 heavy (non-hydrogen) atoms. The van der Waals surface area contributed by atoms with Crippen molar-refractivity contribution in [2.24, 2.45) is 0 Å². The third-order valence-corrected chi connectivity index (χ3v) is 4.11. The van der Waals surface area contributed by atoms with E-state index >= 15 is 0 Å². The van der Waals surface area contributed by atoms with Crippen molar-refractivity contribution in [2.75, 3.05) is 6.61 Å². The van der Waals surface area contributed by atoms with Gasteiger partial charge in [0.1, 0.15) is 11.6 Å². The maximum Gasteiger partial charge on any atom is 0.258 e. The average Bonchev–Trinajstić information content (AvgIpc) is 2.89. The number of halogens is 1. The number of ether oxygens (including phenoxy) is 1. The van der Waals surface area contributed by atoms with Gasteiger partial charge >= 0.3 is 0 Å². The summed E-state index contributed by atoms with van der Waals surface area (Å²) >= 11 is 0. The highest BCUT2D eigenvalue weighted by Gasteiger charge is 2.32. The highest BCUT2D eigenvalue weighted by Crippen LogP contribution is 2.39. The van der Waals surface area contributed by atoms with Crippen LogP contribution >= 0.6 is 0 Å². The quantitative estimate of drug-likeness (QED) is 0.917. The molecule has 0 saturated carbocycles. The number of Topliss-reactive ketones (excluding diaryl/α,β-unsaturated/α-hetero) is 1. The van der Waals surface area contributed by atoms with Gasteiger partial charge in [-0.2, -0.15) is 0 Å². The number of amides is 1. The molecular formula is C19H18FNO3. The molecule has 0 spiro atoms. The zero-order chi connectivity index (χ0) is 17.1. The maximum absolute atomic E-state index is 13.9. The Morgan fingerprint density at radius 1 is 1.25 bits per heavy atom. The number of hydrogen-bond acceptors (Lipinski definition) is 3. The summed E-state index contributed by atoms with van der Waals surface area (Å²) in [5, 5.41) is 2.75. The van der Waals surface area contributed by atoms with E-state index in [0.717, 1.165) is 5.56 Å². The first-order valence-electron chi connectivity index (χ1n) is 7.85. The fraction of sp³-hybridized carbons (Fsp3) is 0.263. The van der Waals surface area contributed by atoms with E-state index in [1.807, 2.05) is 37.3 Å². The molecule has 0 aliphatic heterocycles. The van der Waals surface area contributed by atoms with E-state index < -0.39 is 5.82 Å². The van der Waals surface area contributed by atoms with Crippen molar-refractivity contribution >= 4 is 11.7 Å². The summed E-state index contributed by atoms with van der Waals surface area (Å²) in [5.74, 6) is -0.727. The molecule has 0 radical (unpaired) electrons. The van der Waals surface area contributed by atoms with E-state index in [9.17, 15) is 14.0 Å². The molecule has 0 bridgehead atoms. The normalized spacial score (nSPS) is 15.9. The van der Waals surface area contributed by atoms with E-state index in [-0.39, 0.29) is 41.9 Å². The Morgan fingerprint density at radius 2 is 2.00 bits per heavy atom. The second kappa shape index (κ2) is 6.83. The van der Waals surface area contributed by atoms with Crippen LogP contribution in [0.1, 0.15) is 40.7 Å². The highest BCUT2D eigenvalue weighted by atomic mass is 19.1. The summed E-state index contributed by atoms with van der Waals surface area (Å²) in [4.78, 5) is 24.0. The molecule has 5 heteroatoms. The Kier molecular flexibility index (Phi) is 4.60. The third-order valence-electron chi connectivity index (χ3n) is 4.11. The van der Waals surface area contributed by atoms with Gasteiger partial charge in [0.2, 0.25) is 0 Å². The molecule has 1 atom stereocenters. The minimum atomic E-state index is -0.399. The molecule has 0 heterocycles. The molecule has 2 aromatic carbocycles. The number of ketones is 1. The Hall–Kier alpha value is -2.69. The van der Waals surface area contributed by atoms with Gasteiger partial charge in [-0.25, -0.2) is 4.39 Å². The van der Waals surface area contributed by atoms with Crippen molar-refractivity contribution in [3.63, 3.8) is 0 Å². The molecule has 2 aromatic rings. The standard InChI is InChI=1S/C19H18FNO3/c1-12-9-15(22)19-16(8-7-14(20)18(12)19)24-11-17(23)21-10-13-5-3-2-4-6-13/h2-8,12H,9-11H2,1H3,(H,21,23)/t12-/m1/s1. The van der Waals surface area contributed by atoms with Crippen molar-refractivity contribution in [2.45, 2.75) is 25.8 Å². The van der Waals surface area contributed by atoms with Crippen molar-refractivity contribution in [1.82, 2.24) is 5.32 Å². The monoisotopic (exact) mass is 327 g/mol. The minimum Gasteiger partial charge on any atom is -0.483 e. The molecular weight excluding hydrogens is 309 g/mol. The van der Waals surface area contributed by atoms with E-state index in [1.165, 1.54) is 12.1 Å². The Balaban J connectivity index is 1.63. The molecule has 1 aliphatic rings. The van der Waals surface area contributed by atoms with Gasteiger partial charge in [0.05, 0.1) is 5.56 Å². The van der Waals surface area contributed by atoms with Gasteiger partial charge in [0.25, 0.3) is 5.91 Å². The molecule has 0 saturated heterocycles. The molecule has 0 aromatic heterocycles. The van der Waals surface area contributed by atoms with Crippen LogP contribution in [0.5, 0.6) is 5.75 Å². The zero-order valence-corrected chi connectivity index (χ0v) is 13.3. The lowest BCUT2D eigenvalue weighted by Crippen LogP contribution is -2.28. The molecule has 0 fully saturated rings. The second-order valence-corrected chi connectivity index (χ2v) is 5.91. The van der Waals surface area contributed by atoms with Crippen molar-refractivity contribution in [3.05, 3.63) is 65.0 Å². The van der Waals surface area contributed by atoms with Gasteiger partial charge in [-0.05, 0) is 23.6 Å². The SMILES string of the molecule is C[C@@H]1CC(=O)c2c(OCC(=O)NCc3ccccc3)ccc(F)c21. The predicted octanol–water partition coefficient (Wildman–Crippen LogP) is 3.21. The van der Waals surface area contributed by atoms with E-state index in [2.05, 4.69) is 5.32 Å². The average molecular weight is 327 g/mol. The van der Waals surface area contributed by atoms with Crippen LogP contribution in [0.3, 0.4) is 0 Å². The summed E-state index contributed by atoms with van der Waals surface area (Å²) in [7, 11) is 0. The van der Waals surface area contributed by atoms with Crippen LogP contribution < -0.4 is 10.1 Å². The van der Waals surface area contributed by atoms with Gasteiger partial charge in [-0.15, -0.1) is 0 Å². The predicted molar refractivity (Wildman–Crippen MR) is 87.5 cm³/mol. The Bertz CT molecular complexity index is 774. The van der Waals surface area contributed by atoms with Gasteiger partial charge in [-0.3, -0.25) is 9.59 Å². The first kappa shape index (κ1) is 16.2. The Morgan fingerprint density at radius 3 is 2.75 bits per heavy atom. The summed E-state index contributed by atoms with van der Waals surface area (Å²) in [6.07, 6.45) is 0.271. The fourth-order valence-corrected chi connectivity index (χ4v) is 2.94. The van der Waals surface area contributed by atoms with Crippen molar-refractivity contribution in [1.29, 1.82) is 0 Å². The summed E-state index contributed by atoms with van der Waals surface area (Å²) in [6.45, 7) is 2.00. The van der Waals surface area contributed by atoms with Gasteiger partial charge in [-0.1, -0.05) is 37.3 Å². The van der Waals surface area contributed by atoms with E-state index in [0.29, 0.717) is 12.1 Å². The lowest BCUT2D eigenvalue weighted by atomic mass is 10.0. The molecule has 0 unspecified atom stereocenters. The topological polar surface area (TPSA) is 55.4 Å². The molecule has 1 N–H and O–H groups in total. The van der Waals surface area contributed by atoms with Crippen LogP contribution in [-0.2, 0) is 11.3 Å². The third kappa shape index (κ3) is 3.30. The first-order chi connectivity index (χ1) is 11.6. The number of carbonyl (C=O) groups is 2. The lowest BCUT2D eigenvalue weighted by molar-refractivity contribution is -0.123. The van der Waals surface area contributed by atoms with Crippen molar-refractivity contribution < 1.29 is 18.7 Å². The van der Waals surface area contributed by atoms with Gasteiger partial charge in [0, 0.05) is 18.5 Å². The first-order valence-corrected chi connectivity index (χ1v) is 7.85. The number of nitrogens with one attached hydrogen (secondary N) is 1. The minimum absolute atomic E-state index is 0.142.